The highest BCUT2D eigenvalue weighted by molar-refractivity contribution is 5.95. The number of aliphatic hydroxyl groups is 9. The molecular formula is C49H78O18. The lowest BCUT2D eigenvalue weighted by Gasteiger charge is -2.70. The van der Waals surface area contributed by atoms with Crippen LogP contribution in [-0.2, 0) is 42.7 Å². The molecular weight excluding hydrogens is 877 g/mol. The molecule has 0 bridgehead atoms. The fourth-order valence-corrected chi connectivity index (χ4v) is 14.9. The van der Waals surface area contributed by atoms with Gasteiger partial charge in [-0.3, -0.25) is 4.79 Å². The van der Waals surface area contributed by atoms with E-state index >= 15 is 4.79 Å². The standard InChI is InChI=1S/C49H78O18/c1-22-29(53)31(55)35(59)41(62-22)66-37-32(56)30(54)26(20-50)63-42(37)67-38-34(58)33(57)36(40(60)61-9)65-43(38)64-28-11-12-46(5)27(47(28,6)21-51)10-13-49(8)39(46)25(52)18-23-24-19-44(2,3)14-15-45(24,4)16-17-48(23,49)7/h18,22,24,26-39,41-43,50-51,53-59H,10-17,19-21H2,1-9H3/t22-,24+,26-,27+,28-,29+,30+,31+,32-,33-,34+,35-,36+,37-,38+,39-,41-,42-,43+,45+,46+,47-,48-,49+/m0/s1. The number of ketones is 1. The summed E-state index contributed by atoms with van der Waals surface area (Å²) in [6, 6.07) is 0. The van der Waals surface area contributed by atoms with Gasteiger partial charge in [-0.1, -0.05) is 54.0 Å². The third-order valence-electron chi connectivity index (χ3n) is 19.4. The first-order valence-corrected chi connectivity index (χ1v) is 24.5. The first-order chi connectivity index (χ1) is 31.3. The van der Waals surface area contributed by atoms with Crippen molar-refractivity contribution in [3.8, 4) is 0 Å². The Kier molecular flexibility index (Phi) is 13.9. The molecule has 0 unspecified atom stereocenters. The number of hydrogen-bond acceptors (Lipinski definition) is 18. The lowest BCUT2D eigenvalue weighted by atomic mass is 9.33. The molecule has 0 amide bonds. The van der Waals surface area contributed by atoms with Crippen LogP contribution in [0.4, 0.5) is 0 Å². The molecule has 7 fully saturated rings. The maximum atomic E-state index is 15.0. The minimum atomic E-state index is -1.98. The Balaban J connectivity index is 1.10. The van der Waals surface area contributed by atoms with E-state index in [1.165, 1.54) is 18.9 Å². The normalized spacial score (nSPS) is 54.1. The number of methoxy groups -OCH3 is 1. The number of ether oxygens (including phenoxy) is 7. The van der Waals surface area contributed by atoms with E-state index in [2.05, 4.69) is 41.5 Å². The van der Waals surface area contributed by atoms with Gasteiger partial charge in [0, 0.05) is 11.3 Å². The number of fused-ring (bicyclic) bond motifs is 7. The number of aliphatic hydroxyl groups excluding tert-OH is 9. The quantitative estimate of drug-likeness (QED) is 0.115. The largest absolute Gasteiger partial charge is 0.467 e. The van der Waals surface area contributed by atoms with Crippen molar-refractivity contribution in [2.45, 2.75) is 211 Å². The molecule has 0 aromatic rings. The van der Waals surface area contributed by atoms with Crippen LogP contribution < -0.4 is 0 Å². The van der Waals surface area contributed by atoms with Gasteiger partial charge in [0.2, 0.25) is 0 Å². The second kappa shape index (κ2) is 18.1. The van der Waals surface area contributed by atoms with Crippen LogP contribution >= 0.6 is 0 Å². The molecule has 8 rings (SSSR count). The number of esters is 1. The van der Waals surface area contributed by atoms with Gasteiger partial charge >= 0.3 is 5.97 Å². The van der Waals surface area contributed by atoms with Crippen molar-refractivity contribution in [3.63, 3.8) is 0 Å². The van der Waals surface area contributed by atoms with Crippen molar-refractivity contribution < 1.29 is 88.7 Å². The van der Waals surface area contributed by atoms with E-state index in [0.717, 1.165) is 39.2 Å². The van der Waals surface area contributed by atoms with Crippen molar-refractivity contribution >= 4 is 11.8 Å². The molecule has 8 aliphatic rings. The summed E-state index contributed by atoms with van der Waals surface area (Å²) in [4.78, 5) is 28.1. The van der Waals surface area contributed by atoms with Crippen molar-refractivity contribution in [3.05, 3.63) is 11.6 Å². The van der Waals surface area contributed by atoms with Gasteiger partial charge < -0.3 is 79.1 Å². The van der Waals surface area contributed by atoms with Gasteiger partial charge in [0.05, 0.1) is 32.5 Å². The average Bonchev–Trinajstić information content (AvgIpc) is 3.28. The first-order valence-electron chi connectivity index (χ1n) is 24.5. The Labute approximate surface area is 393 Å². The van der Waals surface area contributed by atoms with E-state index in [0.29, 0.717) is 25.2 Å². The zero-order valence-corrected chi connectivity index (χ0v) is 40.5. The molecule has 5 aliphatic carbocycles. The van der Waals surface area contributed by atoms with Crippen molar-refractivity contribution in [1.82, 2.24) is 0 Å². The van der Waals surface area contributed by atoms with Crippen LogP contribution in [0.2, 0.25) is 0 Å². The predicted molar refractivity (Wildman–Crippen MR) is 234 cm³/mol. The molecule has 9 N–H and O–H groups in total. The monoisotopic (exact) mass is 955 g/mol. The second-order valence-corrected chi connectivity index (χ2v) is 23.7. The molecule has 0 aromatic heterocycles. The molecule has 67 heavy (non-hydrogen) atoms. The number of allylic oxidation sites excluding steroid dienone is 2. The number of carbonyl (C=O) groups is 2. The zero-order chi connectivity index (χ0) is 49.1. The van der Waals surface area contributed by atoms with E-state index in [4.69, 9.17) is 33.2 Å². The maximum Gasteiger partial charge on any atom is 0.337 e. The summed E-state index contributed by atoms with van der Waals surface area (Å²) in [5, 5.41) is 98.6. The Hall–Kier alpha value is -1.72. The first kappa shape index (κ1) is 51.6. The van der Waals surface area contributed by atoms with Crippen molar-refractivity contribution in [1.29, 1.82) is 0 Å². The van der Waals surface area contributed by atoms with Gasteiger partial charge in [-0.05, 0) is 110 Å². The summed E-state index contributed by atoms with van der Waals surface area (Å²) in [5.74, 6) is -1.16. The summed E-state index contributed by atoms with van der Waals surface area (Å²) in [6.45, 7) is 16.2. The minimum absolute atomic E-state index is 0.139. The van der Waals surface area contributed by atoms with E-state index in [1.807, 2.05) is 13.0 Å². The van der Waals surface area contributed by atoms with Gasteiger partial charge in [0.25, 0.3) is 0 Å². The van der Waals surface area contributed by atoms with E-state index in [1.54, 1.807) is 0 Å². The minimum Gasteiger partial charge on any atom is -0.467 e. The molecule has 4 saturated carbocycles. The highest BCUT2D eigenvalue weighted by atomic mass is 16.8. The summed E-state index contributed by atoms with van der Waals surface area (Å²) in [7, 11) is 1.08. The summed E-state index contributed by atoms with van der Waals surface area (Å²) >= 11 is 0. The van der Waals surface area contributed by atoms with E-state index in [9.17, 15) is 50.8 Å². The summed E-state index contributed by atoms with van der Waals surface area (Å²) < 4.78 is 41.5. The third kappa shape index (κ3) is 8.12. The molecule has 0 spiro atoms. The Morgan fingerprint density at radius 2 is 1.33 bits per heavy atom. The Bertz CT molecular complexity index is 1880. The van der Waals surface area contributed by atoms with E-state index in [-0.39, 0.29) is 45.9 Å². The third-order valence-corrected chi connectivity index (χ3v) is 19.4. The summed E-state index contributed by atoms with van der Waals surface area (Å²) in [6.07, 6.45) is -16.9. The van der Waals surface area contributed by atoms with Gasteiger partial charge in [-0.15, -0.1) is 0 Å². The number of rotatable bonds is 9. The molecule has 18 heteroatoms. The molecule has 3 heterocycles. The SMILES string of the molecule is COC(=O)[C@@H]1O[C@@H](O[C@H]2CC[C@]3(C)[C@@H](CC[C@]4(C)[C@H]3C(=O)C=C3[C@H]5CC(C)(C)CC[C@]5(C)CC[C@@]34C)[C@]2(C)CO)[C@H](O[C@@H]2O[C@@H](CO)[C@@H](O)[C@H](O)[C@@H]2O[C@@H]2O[C@@H](C)[C@@H](O)[C@@H](O)[C@@H]2O)[C@H](O)[C@@H]1O. The summed E-state index contributed by atoms with van der Waals surface area (Å²) in [5.41, 5.74) is -0.521. The fraction of sp³-hybridized carbons (Fsp3) is 0.918. The molecule has 382 valence electrons. The van der Waals surface area contributed by atoms with Crippen LogP contribution in [-0.4, -0.2) is 176 Å². The van der Waals surface area contributed by atoms with Gasteiger partial charge in [-0.2, -0.15) is 0 Å². The second-order valence-electron chi connectivity index (χ2n) is 23.7. The highest BCUT2D eigenvalue weighted by Gasteiger charge is 2.71. The topological polar surface area (TPSA) is 281 Å². The Morgan fingerprint density at radius 3 is 1.97 bits per heavy atom. The highest BCUT2D eigenvalue weighted by Crippen LogP contribution is 2.75. The van der Waals surface area contributed by atoms with Crippen molar-refractivity contribution in [2.75, 3.05) is 20.3 Å². The molecule has 3 saturated heterocycles. The Morgan fingerprint density at radius 1 is 0.701 bits per heavy atom. The van der Waals surface area contributed by atoms with Crippen LogP contribution in [0.25, 0.3) is 0 Å². The van der Waals surface area contributed by atoms with Crippen LogP contribution in [0.1, 0.15) is 113 Å². The van der Waals surface area contributed by atoms with Gasteiger partial charge in [0.15, 0.2) is 30.8 Å². The van der Waals surface area contributed by atoms with Crippen LogP contribution in [0.3, 0.4) is 0 Å². The van der Waals surface area contributed by atoms with Crippen LogP contribution in [0.15, 0.2) is 11.6 Å². The number of hydrogen-bond donors (Lipinski definition) is 9. The lowest BCUT2D eigenvalue weighted by molar-refractivity contribution is -0.396. The molecule has 24 atom stereocenters. The van der Waals surface area contributed by atoms with E-state index < -0.39 is 122 Å². The average molecular weight is 955 g/mol. The van der Waals surface area contributed by atoms with Crippen LogP contribution in [0, 0.1) is 50.2 Å². The number of carbonyl (C=O) groups excluding carboxylic acids is 2. The van der Waals surface area contributed by atoms with Crippen molar-refractivity contribution in [2.24, 2.45) is 50.2 Å². The zero-order valence-electron chi connectivity index (χ0n) is 40.5. The van der Waals surface area contributed by atoms with Gasteiger partial charge in [0.1, 0.15) is 61.0 Å². The molecule has 0 aromatic carbocycles. The lowest BCUT2D eigenvalue weighted by Crippen LogP contribution is -2.69. The van der Waals surface area contributed by atoms with Crippen LogP contribution in [0.5, 0.6) is 0 Å². The van der Waals surface area contributed by atoms with Gasteiger partial charge in [-0.25, -0.2) is 4.79 Å². The molecule has 18 nitrogen and oxygen atoms in total. The maximum absolute atomic E-state index is 15.0. The fourth-order valence-electron chi connectivity index (χ4n) is 14.9. The smallest absolute Gasteiger partial charge is 0.337 e. The molecule has 3 aliphatic heterocycles. The predicted octanol–water partition coefficient (Wildman–Crippen LogP) is 1.00. The molecule has 0 radical (unpaired) electrons.